The summed E-state index contributed by atoms with van der Waals surface area (Å²) in [6, 6.07) is 5.14. The fourth-order valence-corrected chi connectivity index (χ4v) is 3.40. The zero-order valence-electron chi connectivity index (χ0n) is 13.8. The summed E-state index contributed by atoms with van der Waals surface area (Å²) in [7, 11) is 0. The summed E-state index contributed by atoms with van der Waals surface area (Å²) in [6.45, 7) is 2.84. The van der Waals surface area contributed by atoms with Crippen LogP contribution >= 0.6 is 0 Å². The number of fused-ring (bicyclic) bond motifs is 3. The van der Waals surface area contributed by atoms with Gasteiger partial charge in [-0.3, -0.25) is 24.5 Å². The van der Waals surface area contributed by atoms with Crippen LogP contribution in [0.3, 0.4) is 0 Å². The number of rotatable bonds is 5. The third-order valence-electron chi connectivity index (χ3n) is 4.87. The van der Waals surface area contributed by atoms with Gasteiger partial charge in [0.05, 0.1) is 10.6 Å². The molecular weight excluding hydrogens is 324 g/mol. The van der Waals surface area contributed by atoms with Crippen molar-refractivity contribution in [3.05, 3.63) is 51.7 Å². The van der Waals surface area contributed by atoms with Crippen LogP contribution in [0.1, 0.15) is 30.1 Å². The van der Waals surface area contributed by atoms with Crippen LogP contribution < -0.4 is 0 Å². The second kappa shape index (κ2) is 6.58. The molecule has 3 aliphatic heterocycles. The molecule has 3 aliphatic rings. The van der Waals surface area contributed by atoms with Crippen molar-refractivity contribution in [1.82, 2.24) is 4.90 Å². The van der Waals surface area contributed by atoms with Gasteiger partial charge in [0.1, 0.15) is 11.7 Å². The highest BCUT2D eigenvalue weighted by Gasteiger charge is 2.37. The number of hydrogen-bond acceptors (Lipinski definition) is 6. The summed E-state index contributed by atoms with van der Waals surface area (Å²) >= 11 is 0. The second-order valence-corrected chi connectivity index (χ2v) is 6.43. The average Bonchev–Trinajstić information content (AvgIpc) is 2.61. The molecule has 0 saturated carbocycles. The van der Waals surface area contributed by atoms with E-state index < -0.39 is 16.6 Å². The molecule has 7 nitrogen and oxygen atoms in total. The van der Waals surface area contributed by atoms with E-state index in [9.17, 15) is 24.5 Å². The van der Waals surface area contributed by atoms with Crippen LogP contribution in [0.2, 0.25) is 0 Å². The molecule has 25 heavy (non-hydrogen) atoms. The lowest BCUT2D eigenvalue weighted by atomic mass is 9.82. The molecule has 4 rings (SSSR count). The molecule has 0 aliphatic carbocycles. The maximum atomic E-state index is 12.7. The summed E-state index contributed by atoms with van der Waals surface area (Å²) in [6.07, 6.45) is 3.11. The van der Waals surface area contributed by atoms with Gasteiger partial charge >= 0.3 is 0 Å². The van der Waals surface area contributed by atoms with Gasteiger partial charge in [-0.05, 0) is 38.0 Å². The number of hydrogen-bond donors (Lipinski definition) is 0. The first-order chi connectivity index (χ1) is 11.9. The molecular formula is C18H18N2O5. The molecule has 0 amide bonds. The normalized spacial score (nSPS) is 20.0. The predicted octanol–water partition coefficient (Wildman–Crippen LogP) is 2.16. The molecule has 3 fully saturated rings. The highest BCUT2D eigenvalue weighted by atomic mass is 16.6. The Morgan fingerprint density at radius 2 is 1.84 bits per heavy atom. The van der Waals surface area contributed by atoms with Crippen LogP contribution in [0, 0.1) is 22.0 Å². The van der Waals surface area contributed by atoms with Gasteiger partial charge in [0.2, 0.25) is 0 Å². The van der Waals surface area contributed by atoms with Crippen LogP contribution in [0.4, 0.5) is 5.69 Å². The Labute approximate surface area is 144 Å². The van der Waals surface area contributed by atoms with E-state index in [-0.39, 0.29) is 28.7 Å². The van der Waals surface area contributed by atoms with Gasteiger partial charge in [-0.15, -0.1) is 0 Å². The molecule has 1 aromatic carbocycles. The Balaban J connectivity index is 1.89. The van der Waals surface area contributed by atoms with Crippen molar-refractivity contribution in [2.45, 2.75) is 19.8 Å². The van der Waals surface area contributed by atoms with Crippen molar-refractivity contribution in [1.29, 1.82) is 0 Å². The minimum Gasteiger partial charge on any atom is -0.369 e. The number of Topliss-reactive ketones (excluding diaryl/α,β-unsaturated/α-hetero) is 3. The van der Waals surface area contributed by atoms with E-state index in [1.807, 2.05) is 4.90 Å². The minimum absolute atomic E-state index is 0.000231. The van der Waals surface area contributed by atoms with Crippen molar-refractivity contribution < 1.29 is 19.3 Å². The van der Waals surface area contributed by atoms with Crippen LogP contribution in [0.15, 0.2) is 36.0 Å². The molecule has 1 aromatic rings. The maximum Gasteiger partial charge on any atom is 0.269 e. The molecule has 1 unspecified atom stereocenters. The third kappa shape index (κ3) is 3.22. The van der Waals surface area contributed by atoms with Gasteiger partial charge in [-0.25, -0.2) is 0 Å². The number of benzene rings is 1. The van der Waals surface area contributed by atoms with E-state index in [2.05, 4.69) is 0 Å². The van der Waals surface area contributed by atoms with E-state index in [4.69, 9.17) is 0 Å². The Hall–Kier alpha value is -2.83. The number of ketones is 3. The molecule has 3 heterocycles. The molecule has 0 radical (unpaired) electrons. The smallest absolute Gasteiger partial charge is 0.269 e. The zero-order chi connectivity index (χ0) is 18.1. The summed E-state index contributed by atoms with van der Waals surface area (Å²) in [5, 5.41) is 10.7. The van der Waals surface area contributed by atoms with Gasteiger partial charge in [0, 0.05) is 36.7 Å². The van der Waals surface area contributed by atoms with Gasteiger partial charge < -0.3 is 4.90 Å². The highest BCUT2D eigenvalue weighted by molar-refractivity contribution is 6.12. The van der Waals surface area contributed by atoms with Gasteiger partial charge in [-0.1, -0.05) is 0 Å². The van der Waals surface area contributed by atoms with Crippen molar-refractivity contribution >= 4 is 23.0 Å². The van der Waals surface area contributed by atoms with Gasteiger partial charge in [-0.2, -0.15) is 0 Å². The zero-order valence-corrected chi connectivity index (χ0v) is 13.8. The number of non-ortho nitro benzene ring substituents is 1. The molecule has 0 aromatic heterocycles. The van der Waals surface area contributed by atoms with E-state index in [1.165, 1.54) is 37.3 Å². The SMILES string of the molecule is CC(=O)C(/C=C1/C(=O)C2CCN1CC2)C(=O)c1ccc([N+](=O)[O-])cc1. The summed E-state index contributed by atoms with van der Waals surface area (Å²) in [5.41, 5.74) is 0.546. The standard InChI is InChI=1S/C18H18N2O5/c1-11(21)15(10-16-18(23)13-6-8-19(16)9-7-13)17(22)12-2-4-14(5-3-12)20(24)25/h2-5,10,13,15H,6-9H2,1H3/b16-10-. The van der Waals surface area contributed by atoms with E-state index >= 15 is 0 Å². The largest absolute Gasteiger partial charge is 0.369 e. The van der Waals surface area contributed by atoms with Gasteiger partial charge in [0.25, 0.3) is 5.69 Å². The number of nitrogens with zero attached hydrogens (tertiary/aromatic N) is 2. The van der Waals surface area contributed by atoms with Crippen molar-refractivity contribution in [3.8, 4) is 0 Å². The summed E-state index contributed by atoms with van der Waals surface area (Å²) in [5.74, 6) is -1.88. The number of nitro groups is 1. The first-order valence-electron chi connectivity index (χ1n) is 8.18. The molecule has 7 heteroatoms. The molecule has 2 bridgehead atoms. The third-order valence-corrected chi connectivity index (χ3v) is 4.87. The Kier molecular flexibility index (Phi) is 4.48. The highest BCUT2D eigenvalue weighted by Crippen LogP contribution is 2.32. The van der Waals surface area contributed by atoms with E-state index in [0.29, 0.717) is 5.70 Å². The number of carbonyl (C=O) groups is 3. The monoisotopic (exact) mass is 342 g/mol. The summed E-state index contributed by atoms with van der Waals surface area (Å²) in [4.78, 5) is 49.2. The topological polar surface area (TPSA) is 97.6 Å². The van der Waals surface area contributed by atoms with Crippen LogP contribution in [-0.4, -0.2) is 40.3 Å². The molecule has 0 spiro atoms. The Morgan fingerprint density at radius 3 is 2.32 bits per heavy atom. The molecule has 0 N–H and O–H groups in total. The van der Waals surface area contributed by atoms with Crippen LogP contribution in [-0.2, 0) is 9.59 Å². The number of allylic oxidation sites excluding steroid dienone is 2. The lowest BCUT2D eigenvalue weighted by molar-refractivity contribution is -0.384. The summed E-state index contributed by atoms with van der Waals surface area (Å²) < 4.78 is 0. The lowest BCUT2D eigenvalue weighted by Gasteiger charge is -2.41. The average molecular weight is 342 g/mol. The number of nitro benzene ring substituents is 1. The number of piperidine rings is 3. The molecule has 1 atom stereocenters. The van der Waals surface area contributed by atoms with Gasteiger partial charge in [0.15, 0.2) is 11.6 Å². The Bertz CT molecular complexity index is 773. The maximum absolute atomic E-state index is 12.7. The fraction of sp³-hybridized carbons (Fsp3) is 0.389. The molecule has 130 valence electrons. The fourth-order valence-electron chi connectivity index (χ4n) is 3.40. The molecule has 3 saturated heterocycles. The predicted molar refractivity (Wildman–Crippen MR) is 89.0 cm³/mol. The second-order valence-electron chi connectivity index (χ2n) is 6.43. The van der Waals surface area contributed by atoms with Crippen molar-refractivity contribution in [3.63, 3.8) is 0 Å². The first kappa shape index (κ1) is 17.0. The van der Waals surface area contributed by atoms with Crippen LogP contribution in [0.5, 0.6) is 0 Å². The Morgan fingerprint density at radius 1 is 1.24 bits per heavy atom. The lowest BCUT2D eigenvalue weighted by Crippen LogP contribution is -2.46. The van der Waals surface area contributed by atoms with Crippen molar-refractivity contribution in [2.24, 2.45) is 11.8 Å². The minimum atomic E-state index is -1.06. The van der Waals surface area contributed by atoms with Crippen molar-refractivity contribution in [2.75, 3.05) is 13.1 Å². The quantitative estimate of drug-likeness (QED) is 0.267. The number of carbonyl (C=O) groups excluding carboxylic acids is 3. The first-order valence-corrected chi connectivity index (χ1v) is 8.18. The van der Waals surface area contributed by atoms with Crippen LogP contribution in [0.25, 0.3) is 0 Å². The van der Waals surface area contributed by atoms with E-state index in [0.717, 1.165) is 25.9 Å². The van der Waals surface area contributed by atoms with E-state index in [1.54, 1.807) is 0 Å².